The number of carbonyl (C=O) groups excluding carboxylic acids is 2. The van der Waals surface area contributed by atoms with Crippen LogP contribution in [0.2, 0.25) is 5.02 Å². The standard InChI is InChI=1S/C24H22ClNO4/c1-4-14-30-20-12-6-17(7-13-20)15-21-22(24(28)29-5-2)16(3)26(23(21)27)19-10-8-18(25)9-11-19/h4,6-13,15H,1,5,14H2,2-3H3/b21-15-. The number of nitrogens with zero attached hydrogens (tertiary/aromatic N) is 1. The molecule has 2 aromatic rings. The van der Waals surface area contributed by atoms with Gasteiger partial charge in [-0.3, -0.25) is 9.69 Å². The molecule has 0 bridgehead atoms. The topological polar surface area (TPSA) is 55.8 Å². The minimum absolute atomic E-state index is 0.216. The molecule has 2 aromatic carbocycles. The monoisotopic (exact) mass is 423 g/mol. The van der Waals surface area contributed by atoms with Crippen LogP contribution in [-0.2, 0) is 14.3 Å². The molecule has 0 aliphatic carbocycles. The Bertz CT molecular complexity index is 1020. The Hall–Kier alpha value is -3.31. The first-order chi connectivity index (χ1) is 14.5. The molecule has 0 unspecified atom stereocenters. The van der Waals surface area contributed by atoms with Crippen molar-refractivity contribution in [2.75, 3.05) is 18.1 Å². The van der Waals surface area contributed by atoms with E-state index in [0.717, 1.165) is 5.56 Å². The summed E-state index contributed by atoms with van der Waals surface area (Å²) in [4.78, 5) is 27.4. The molecule has 30 heavy (non-hydrogen) atoms. The van der Waals surface area contributed by atoms with Gasteiger partial charge >= 0.3 is 5.97 Å². The summed E-state index contributed by atoms with van der Waals surface area (Å²) in [6.07, 6.45) is 3.35. The molecule has 0 saturated heterocycles. The van der Waals surface area contributed by atoms with Gasteiger partial charge < -0.3 is 9.47 Å². The van der Waals surface area contributed by atoms with E-state index in [4.69, 9.17) is 21.1 Å². The maximum Gasteiger partial charge on any atom is 0.340 e. The number of anilines is 1. The summed E-state index contributed by atoms with van der Waals surface area (Å²) >= 11 is 5.98. The van der Waals surface area contributed by atoms with Gasteiger partial charge in [-0.2, -0.15) is 0 Å². The van der Waals surface area contributed by atoms with Crippen LogP contribution in [0.4, 0.5) is 5.69 Å². The predicted molar refractivity (Wildman–Crippen MR) is 118 cm³/mol. The lowest BCUT2D eigenvalue weighted by Crippen LogP contribution is -2.24. The van der Waals surface area contributed by atoms with Crippen molar-refractivity contribution in [2.24, 2.45) is 0 Å². The van der Waals surface area contributed by atoms with E-state index in [2.05, 4.69) is 6.58 Å². The second-order valence-electron chi connectivity index (χ2n) is 6.52. The summed E-state index contributed by atoms with van der Waals surface area (Å²) in [5.74, 6) is -0.142. The number of hydrogen-bond acceptors (Lipinski definition) is 4. The van der Waals surface area contributed by atoms with E-state index in [9.17, 15) is 9.59 Å². The minimum Gasteiger partial charge on any atom is -0.490 e. The molecule has 0 aromatic heterocycles. The van der Waals surface area contributed by atoms with Crippen molar-refractivity contribution in [2.45, 2.75) is 13.8 Å². The van der Waals surface area contributed by atoms with Crippen LogP contribution >= 0.6 is 11.6 Å². The van der Waals surface area contributed by atoms with Crippen LogP contribution in [0.3, 0.4) is 0 Å². The van der Waals surface area contributed by atoms with E-state index in [1.54, 1.807) is 62.4 Å². The molecule has 0 spiro atoms. The van der Waals surface area contributed by atoms with Crippen molar-refractivity contribution in [3.63, 3.8) is 0 Å². The van der Waals surface area contributed by atoms with Crippen molar-refractivity contribution in [1.29, 1.82) is 0 Å². The number of hydrogen-bond donors (Lipinski definition) is 0. The van der Waals surface area contributed by atoms with Gasteiger partial charge in [-0.15, -0.1) is 0 Å². The molecule has 1 aliphatic rings. The summed E-state index contributed by atoms with van der Waals surface area (Å²) in [6, 6.07) is 14.1. The van der Waals surface area contributed by atoms with Crippen molar-refractivity contribution in [1.82, 2.24) is 0 Å². The zero-order valence-electron chi connectivity index (χ0n) is 16.9. The first-order valence-corrected chi connectivity index (χ1v) is 9.88. The molecule has 1 aliphatic heterocycles. The molecule has 5 nitrogen and oxygen atoms in total. The molecule has 0 N–H and O–H groups in total. The van der Waals surface area contributed by atoms with Gasteiger partial charge in [-0.25, -0.2) is 4.79 Å². The average molecular weight is 424 g/mol. The van der Waals surface area contributed by atoms with Gasteiger partial charge in [0.25, 0.3) is 5.91 Å². The van der Waals surface area contributed by atoms with Gasteiger partial charge in [0, 0.05) is 16.4 Å². The number of esters is 1. The summed E-state index contributed by atoms with van der Waals surface area (Å²) in [7, 11) is 0. The van der Waals surface area contributed by atoms with E-state index < -0.39 is 5.97 Å². The van der Waals surface area contributed by atoms with E-state index in [1.165, 1.54) is 4.90 Å². The normalized spacial score (nSPS) is 15.0. The number of benzene rings is 2. The van der Waals surface area contributed by atoms with E-state index in [-0.39, 0.29) is 23.7 Å². The van der Waals surface area contributed by atoms with Crippen LogP contribution in [0, 0.1) is 0 Å². The molecule has 3 rings (SSSR count). The Kier molecular flexibility index (Phi) is 6.75. The quantitative estimate of drug-likeness (QED) is 0.350. The molecular weight excluding hydrogens is 402 g/mol. The Morgan fingerprint density at radius 1 is 1.13 bits per heavy atom. The van der Waals surface area contributed by atoms with Crippen LogP contribution < -0.4 is 9.64 Å². The molecule has 0 fully saturated rings. The van der Waals surface area contributed by atoms with E-state index in [0.29, 0.717) is 28.8 Å². The predicted octanol–water partition coefficient (Wildman–Crippen LogP) is 5.17. The molecule has 0 atom stereocenters. The third kappa shape index (κ3) is 4.47. The molecule has 1 amide bonds. The molecule has 6 heteroatoms. The lowest BCUT2D eigenvalue weighted by molar-refractivity contribution is -0.138. The third-order valence-corrected chi connectivity index (χ3v) is 4.78. The van der Waals surface area contributed by atoms with Gasteiger partial charge in [-0.05, 0) is 61.9 Å². The number of carbonyl (C=O) groups is 2. The van der Waals surface area contributed by atoms with Crippen molar-refractivity contribution >= 4 is 35.2 Å². The van der Waals surface area contributed by atoms with E-state index in [1.807, 2.05) is 12.1 Å². The summed E-state index contributed by atoms with van der Waals surface area (Å²) in [5, 5.41) is 0.562. The highest BCUT2D eigenvalue weighted by atomic mass is 35.5. The number of ether oxygens (including phenoxy) is 2. The van der Waals surface area contributed by atoms with Crippen molar-refractivity contribution in [3.8, 4) is 5.75 Å². The Morgan fingerprint density at radius 2 is 1.80 bits per heavy atom. The van der Waals surface area contributed by atoms with Gasteiger partial charge in [0.05, 0.1) is 17.8 Å². The molecule has 0 radical (unpaired) electrons. The first-order valence-electron chi connectivity index (χ1n) is 9.50. The smallest absolute Gasteiger partial charge is 0.340 e. The van der Waals surface area contributed by atoms with Crippen LogP contribution in [0.5, 0.6) is 5.75 Å². The fraction of sp³-hybridized carbons (Fsp3) is 0.167. The second kappa shape index (κ2) is 9.46. The maximum absolute atomic E-state index is 13.3. The highest BCUT2D eigenvalue weighted by molar-refractivity contribution is 6.30. The summed E-state index contributed by atoms with van der Waals surface area (Å²) < 4.78 is 10.7. The Labute approximate surface area is 180 Å². The lowest BCUT2D eigenvalue weighted by Gasteiger charge is -2.18. The van der Waals surface area contributed by atoms with Gasteiger partial charge in [0.15, 0.2) is 0 Å². The Balaban J connectivity index is 2.01. The van der Waals surface area contributed by atoms with E-state index >= 15 is 0 Å². The molecule has 0 saturated carbocycles. The minimum atomic E-state index is -0.531. The summed E-state index contributed by atoms with van der Waals surface area (Å²) in [5.41, 5.74) is 2.43. The maximum atomic E-state index is 13.3. The van der Waals surface area contributed by atoms with Crippen LogP contribution in [0.1, 0.15) is 19.4 Å². The first kappa shape index (κ1) is 21.4. The summed E-state index contributed by atoms with van der Waals surface area (Å²) in [6.45, 7) is 7.70. The van der Waals surface area contributed by atoms with Gasteiger partial charge in [0.1, 0.15) is 12.4 Å². The highest BCUT2D eigenvalue weighted by Crippen LogP contribution is 2.36. The number of rotatable bonds is 7. The van der Waals surface area contributed by atoms with Crippen molar-refractivity contribution < 1.29 is 19.1 Å². The lowest BCUT2D eigenvalue weighted by atomic mass is 10.0. The van der Waals surface area contributed by atoms with Crippen LogP contribution in [0.25, 0.3) is 6.08 Å². The number of allylic oxidation sites excluding steroid dienone is 1. The average Bonchev–Trinajstić information content (AvgIpc) is 2.98. The largest absolute Gasteiger partial charge is 0.490 e. The van der Waals surface area contributed by atoms with Crippen LogP contribution in [0.15, 0.2) is 78.0 Å². The third-order valence-electron chi connectivity index (χ3n) is 4.52. The fourth-order valence-electron chi connectivity index (χ4n) is 3.16. The van der Waals surface area contributed by atoms with Gasteiger partial charge in [0.2, 0.25) is 0 Å². The molecular formula is C24H22ClNO4. The zero-order valence-corrected chi connectivity index (χ0v) is 17.6. The SMILES string of the molecule is C=CCOc1ccc(/C=C2\C(=O)N(c3ccc(Cl)cc3)C(C)=C2C(=O)OCC)cc1. The Morgan fingerprint density at radius 3 is 2.40 bits per heavy atom. The fourth-order valence-corrected chi connectivity index (χ4v) is 3.29. The second-order valence-corrected chi connectivity index (χ2v) is 6.96. The van der Waals surface area contributed by atoms with Gasteiger partial charge in [-0.1, -0.05) is 36.4 Å². The van der Waals surface area contributed by atoms with Crippen molar-refractivity contribution in [3.05, 3.63) is 88.6 Å². The zero-order chi connectivity index (χ0) is 21.7. The number of halogens is 1. The number of amides is 1. The molecule has 154 valence electrons. The molecule has 1 heterocycles. The van der Waals surface area contributed by atoms with Crippen LogP contribution in [-0.4, -0.2) is 25.1 Å². The highest BCUT2D eigenvalue weighted by Gasteiger charge is 2.38.